The van der Waals surface area contributed by atoms with Crippen molar-refractivity contribution in [2.45, 2.75) is 57.7 Å². The second kappa shape index (κ2) is 4.25. The van der Waals surface area contributed by atoms with Crippen LogP contribution >= 0.6 is 12.6 Å². The van der Waals surface area contributed by atoms with E-state index in [-0.39, 0.29) is 10.2 Å². The highest BCUT2D eigenvalue weighted by molar-refractivity contribution is 7.81. The quantitative estimate of drug-likeness (QED) is 0.745. The number of aryl methyl sites for hydroxylation is 1. The summed E-state index contributed by atoms with van der Waals surface area (Å²) in [5, 5.41) is 0. The summed E-state index contributed by atoms with van der Waals surface area (Å²) < 4.78 is 2.38. The number of hydrogen-bond donors (Lipinski definition) is 1. The molecule has 0 atom stereocenters. The minimum Gasteiger partial charge on any atom is -0.354 e. The molecule has 0 aliphatic carbocycles. The normalized spacial score (nSPS) is 13.2. The van der Waals surface area contributed by atoms with E-state index in [0.29, 0.717) is 0 Å². The molecule has 1 nitrogen and oxygen atoms in total. The van der Waals surface area contributed by atoms with E-state index in [9.17, 15) is 0 Å². The lowest BCUT2D eigenvalue weighted by atomic mass is 9.89. The summed E-state index contributed by atoms with van der Waals surface area (Å²) in [5.41, 5.74) is 1.65. The average molecular weight is 225 g/mol. The van der Waals surface area contributed by atoms with Crippen LogP contribution in [-0.4, -0.2) is 9.31 Å². The van der Waals surface area contributed by atoms with Crippen LogP contribution in [0.2, 0.25) is 0 Å². The molecule has 1 heterocycles. The Balaban J connectivity index is 2.62. The lowest BCUT2D eigenvalue weighted by molar-refractivity contribution is 0.549. The molecule has 0 aromatic carbocycles. The molecule has 0 unspecified atom stereocenters. The van der Waals surface area contributed by atoms with Gasteiger partial charge in [0.15, 0.2) is 0 Å². The van der Waals surface area contributed by atoms with E-state index in [4.69, 9.17) is 0 Å². The fraction of sp³-hybridized carbons (Fsp3) is 0.692. The van der Waals surface area contributed by atoms with E-state index in [0.717, 1.165) is 13.0 Å². The molecule has 1 rings (SSSR count). The molecular weight excluding hydrogens is 202 g/mol. The summed E-state index contributed by atoms with van der Waals surface area (Å²) in [6, 6.07) is 2.21. The van der Waals surface area contributed by atoms with Crippen LogP contribution in [0.25, 0.3) is 0 Å². The Bertz CT molecular complexity index is 312. The third-order valence-corrected chi connectivity index (χ3v) is 2.82. The number of rotatable bonds is 3. The molecule has 0 N–H and O–H groups in total. The number of thiol groups is 1. The topological polar surface area (TPSA) is 4.93 Å². The van der Waals surface area contributed by atoms with E-state index in [1.807, 2.05) is 0 Å². The van der Waals surface area contributed by atoms with Crippen molar-refractivity contribution >= 4 is 12.6 Å². The zero-order valence-corrected chi connectivity index (χ0v) is 11.4. The van der Waals surface area contributed by atoms with Crippen molar-refractivity contribution in [2.75, 3.05) is 0 Å². The number of nitrogens with zero attached hydrogens (tertiary/aromatic N) is 1. The third-order valence-electron chi connectivity index (χ3n) is 2.60. The predicted molar refractivity (Wildman–Crippen MR) is 70.8 cm³/mol. The van der Waals surface area contributed by atoms with E-state index in [1.165, 1.54) is 5.56 Å². The zero-order valence-electron chi connectivity index (χ0n) is 10.5. The Labute approximate surface area is 99.3 Å². The van der Waals surface area contributed by atoms with Gasteiger partial charge in [-0.15, -0.1) is 0 Å². The molecular formula is C13H23NS. The Hall–Kier alpha value is -0.370. The van der Waals surface area contributed by atoms with Crippen LogP contribution in [0.1, 0.15) is 46.6 Å². The van der Waals surface area contributed by atoms with Gasteiger partial charge in [-0.05, 0) is 23.5 Å². The zero-order chi connectivity index (χ0) is 11.7. The van der Waals surface area contributed by atoms with Crippen LogP contribution in [0.4, 0.5) is 0 Å². The summed E-state index contributed by atoms with van der Waals surface area (Å²) >= 11 is 4.54. The van der Waals surface area contributed by atoms with E-state index in [1.54, 1.807) is 0 Å². The molecule has 2 heteroatoms. The molecule has 0 amide bonds. The smallest absolute Gasteiger partial charge is 0.0232 e. The predicted octanol–water partition coefficient (Wildman–Crippen LogP) is 3.88. The minimum atomic E-state index is 0.117. The van der Waals surface area contributed by atoms with Gasteiger partial charge in [0.1, 0.15) is 0 Å². The van der Waals surface area contributed by atoms with Gasteiger partial charge in [0.2, 0.25) is 0 Å². The molecule has 15 heavy (non-hydrogen) atoms. The Morgan fingerprint density at radius 3 is 2.20 bits per heavy atom. The monoisotopic (exact) mass is 225 g/mol. The second-order valence-corrected chi connectivity index (χ2v) is 7.16. The van der Waals surface area contributed by atoms with Gasteiger partial charge in [0, 0.05) is 23.7 Å². The fourth-order valence-corrected chi connectivity index (χ4v) is 1.53. The van der Waals surface area contributed by atoms with Crippen LogP contribution in [0, 0.1) is 0 Å². The van der Waals surface area contributed by atoms with Crippen molar-refractivity contribution in [3.05, 3.63) is 24.0 Å². The summed E-state index contributed by atoms with van der Waals surface area (Å²) in [7, 11) is 0. The molecule has 0 aliphatic heterocycles. The Morgan fingerprint density at radius 1 is 1.20 bits per heavy atom. The molecule has 0 spiro atoms. The van der Waals surface area contributed by atoms with E-state index >= 15 is 0 Å². The average Bonchev–Trinajstić information content (AvgIpc) is 2.45. The summed E-state index contributed by atoms with van der Waals surface area (Å²) in [4.78, 5) is 0. The van der Waals surface area contributed by atoms with Gasteiger partial charge >= 0.3 is 0 Å². The van der Waals surface area contributed by atoms with Gasteiger partial charge in [-0.2, -0.15) is 12.6 Å². The third kappa shape index (κ3) is 4.33. The van der Waals surface area contributed by atoms with Crippen molar-refractivity contribution in [1.29, 1.82) is 0 Å². The first-order valence-corrected chi connectivity index (χ1v) is 6.02. The highest BCUT2D eigenvalue weighted by Gasteiger charge is 2.15. The lowest BCUT2D eigenvalue weighted by Crippen LogP contribution is -2.14. The molecule has 0 fully saturated rings. The maximum absolute atomic E-state index is 4.54. The Kier molecular flexibility index (Phi) is 3.59. The van der Waals surface area contributed by atoms with Crippen LogP contribution in [-0.2, 0) is 12.0 Å². The molecule has 1 aromatic rings. The highest BCUT2D eigenvalue weighted by atomic mass is 32.1. The number of aromatic nitrogens is 1. The van der Waals surface area contributed by atoms with Crippen LogP contribution in [0.15, 0.2) is 18.5 Å². The lowest BCUT2D eigenvalue weighted by Gasteiger charge is -2.18. The molecule has 0 bridgehead atoms. The highest BCUT2D eigenvalue weighted by Crippen LogP contribution is 2.23. The SMILES string of the molecule is CC(C)(S)CCn1ccc(C(C)(C)C)c1. The number of hydrogen-bond acceptors (Lipinski definition) is 1. The van der Waals surface area contributed by atoms with E-state index < -0.39 is 0 Å². The summed E-state index contributed by atoms with van der Waals surface area (Å²) in [6.45, 7) is 12.1. The minimum absolute atomic E-state index is 0.117. The van der Waals surface area contributed by atoms with E-state index in [2.05, 4.69) is 70.3 Å². The van der Waals surface area contributed by atoms with Crippen LogP contribution < -0.4 is 0 Å². The van der Waals surface area contributed by atoms with Crippen LogP contribution in [0.5, 0.6) is 0 Å². The van der Waals surface area contributed by atoms with Gasteiger partial charge < -0.3 is 4.57 Å². The molecule has 0 radical (unpaired) electrons. The maximum atomic E-state index is 4.54. The fourth-order valence-electron chi connectivity index (χ4n) is 1.43. The molecule has 0 saturated heterocycles. The second-order valence-electron chi connectivity index (χ2n) is 5.95. The molecule has 0 saturated carbocycles. The van der Waals surface area contributed by atoms with Crippen molar-refractivity contribution < 1.29 is 0 Å². The van der Waals surface area contributed by atoms with Gasteiger partial charge in [0.05, 0.1) is 0 Å². The summed E-state index contributed by atoms with van der Waals surface area (Å²) in [5.74, 6) is 0. The van der Waals surface area contributed by atoms with Gasteiger partial charge in [0.25, 0.3) is 0 Å². The van der Waals surface area contributed by atoms with Gasteiger partial charge in [-0.25, -0.2) is 0 Å². The first kappa shape index (κ1) is 12.7. The van der Waals surface area contributed by atoms with Gasteiger partial charge in [-0.1, -0.05) is 34.6 Å². The van der Waals surface area contributed by atoms with Crippen molar-refractivity contribution in [3.63, 3.8) is 0 Å². The molecule has 86 valence electrons. The maximum Gasteiger partial charge on any atom is 0.0232 e. The largest absolute Gasteiger partial charge is 0.354 e. The van der Waals surface area contributed by atoms with Gasteiger partial charge in [-0.3, -0.25) is 0 Å². The molecule has 0 aliphatic rings. The molecule has 1 aromatic heterocycles. The first-order valence-electron chi connectivity index (χ1n) is 5.57. The Morgan fingerprint density at radius 2 is 1.80 bits per heavy atom. The van der Waals surface area contributed by atoms with Crippen molar-refractivity contribution in [3.8, 4) is 0 Å². The van der Waals surface area contributed by atoms with Crippen molar-refractivity contribution in [2.24, 2.45) is 0 Å². The van der Waals surface area contributed by atoms with Crippen LogP contribution in [0.3, 0.4) is 0 Å². The summed E-state index contributed by atoms with van der Waals surface area (Å²) in [6.07, 6.45) is 5.51. The first-order chi connectivity index (χ1) is 6.68. The van der Waals surface area contributed by atoms with Crippen molar-refractivity contribution in [1.82, 2.24) is 4.57 Å². The standard InChI is InChI=1S/C13H23NS/c1-12(2,3)11-6-8-14(10-11)9-7-13(4,5)15/h6,8,10,15H,7,9H2,1-5H3.